The highest BCUT2D eigenvalue weighted by Gasteiger charge is 2.46. The standard InChI is InChI=1S/C20H36O2Si/c1-10-11-16(21)12-13-17-15(2)14-18(20(17,6)7)22-23(8,9)19(3,4)5/h12-13,18H,10-11,14H2,1-9H3/b13-12+. The van der Waals surface area contributed by atoms with Crippen molar-refractivity contribution in [1.82, 2.24) is 0 Å². The van der Waals surface area contributed by atoms with E-state index in [1.165, 1.54) is 11.1 Å². The molecule has 0 N–H and O–H groups in total. The zero-order chi connectivity index (χ0) is 18.1. The second-order valence-electron chi connectivity index (χ2n) is 9.04. The Morgan fingerprint density at radius 3 is 2.39 bits per heavy atom. The van der Waals surface area contributed by atoms with Crippen LogP contribution in [-0.2, 0) is 9.22 Å². The summed E-state index contributed by atoms with van der Waals surface area (Å²) >= 11 is 0. The molecule has 0 saturated carbocycles. The molecule has 0 amide bonds. The second kappa shape index (κ2) is 7.06. The molecule has 0 aromatic heterocycles. The van der Waals surface area contributed by atoms with Crippen LogP contribution in [0.15, 0.2) is 23.3 Å². The minimum atomic E-state index is -1.79. The fourth-order valence-electron chi connectivity index (χ4n) is 2.95. The third kappa shape index (κ3) is 4.66. The summed E-state index contributed by atoms with van der Waals surface area (Å²) in [5.41, 5.74) is 2.60. The van der Waals surface area contributed by atoms with Gasteiger partial charge in [0.05, 0.1) is 6.10 Å². The molecule has 1 atom stereocenters. The molecule has 1 aliphatic rings. The van der Waals surface area contributed by atoms with Crippen LogP contribution < -0.4 is 0 Å². The Bertz CT molecular complexity index is 504. The number of carbonyl (C=O) groups is 1. The van der Waals surface area contributed by atoms with E-state index in [0.29, 0.717) is 6.42 Å². The zero-order valence-electron chi connectivity index (χ0n) is 16.7. The maximum Gasteiger partial charge on any atom is 0.192 e. The fraction of sp³-hybridized carbons (Fsp3) is 0.750. The molecule has 0 spiro atoms. The van der Waals surface area contributed by atoms with Gasteiger partial charge in [0.15, 0.2) is 14.1 Å². The van der Waals surface area contributed by atoms with E-state index in [1.54, 1.807) is 6.08 Å². The number of ketones is 1. The van der Waals surface area contributed by atoms with Crippen molar-refractivity contribution in [3.8, 4) is 0 Å². The minimum absolute atomic E-state index is 0.0391. The highest BCUT2D eigenvalue weighted by Crippen LogP contribution is 2.48. The molecule has 0 aromatic rings. The van der Waals surface area contributed by atoms with Gasteiger partial charge in [-0.05, 0) is 49.5 Å². The van der Waals surface area contributed by atoms with Gasteiger partial charge in [0.2, 0.25) is 0 Å². The molecule has 1 rings (SSSR count). The lowest BCUT2D eigenvalue weighted by Gasteiger charge is -2.42. The van der Waals surface area contributed by atoms with Gasteiger partial charge in [-0.1, -0.05) is 53.2 Å². The van der Waals surface area contributed by atoms with Crippen LogP contribution in [0.5, 0.6) is 0 Å². The zero-order valence-corrected chi connectivity index (χ0v) is 17.7. The van der Waals surface area contributed by atoms with Crippen molar-refractivity contribution in [2.24, 2.45) is 5.41 Å². The van der Waals surface area contributed by atoms with E-state index in [9.17, 15) is 4.79 Å². The Balaban J connectivity index is 2.95. The Kier molecular flexibility index (Phi) is 6.25. The van der Waals surface area contributed by atoms with E-state index in [1.807, 2.05) is 13.0 Å². The van der Waals surface area contributed by atoms with Crippen molar-refractivity contribution in [3.05, 3.63) is 23.3 Å². The normalized spacial score (nSPS) is 22.2. The van der Waals surface area contributed by atoms with E-state index in [0.717, 1.165) is 12.8 Å². The largest absolute Gasteiger partial charge is 0.413 e. The molecule has 1 aliphatic carbocycles. The Morgan fingerprint density at radius 1 is 1.35 bits per heavy atom. The van der Waals surface area contributed by atoms with Crippen LogP contribution in [0.3, 0.4) is 0 Å². The summed E-state index contributed by atoms with van der Waals surface area (Å²) in [5.74, 6) is 0.220. The maximum absolute atomic E-state index is 11.8. The van der Waals surface area contributed by atoms with Crippen LogP contribution >= 0.6 is 0 Å². The lowest BCUT2D eigenvalue weighted by atomic mass is 9.83. The molecule has 0 bridgehead atoms. The third-order valence-corrected chi connectivity index (χ3v) is 10.1. The molecule has 132 valence electrons. The lowest BCUT2D eigenvalue weighted by molar-refractivity contribution is -0.114. The molecule has 0 radical (unpaired) electrons. The average molecular weight is 337 g/mol. The smallest absolute Gasteiger partial charge is 0.192 e. The molecule has 2 nitrogen and oxygen atoms in total. The number of rotatable bonds is 6. The van der Waals surface area contributed by atoms with Crippen molar-refractivity contribution >= 4 is 14.1 Å². The van der Waals surface area contributed by atoms with Crippen molar-refractivity contribution in [2.45, 2.75) is 92.0 Å². The number of carbonyl (C=O) groups excluding carboxylic acids is 1. The summed E-state index contributed by atoms with van der Waals surface area (Å²) in [4.78, 5) is 11.8. The molecule has 0 aromatic carbocycles. The number of allylic oxidation sites excluding steroid dienone is 2. The van der Waals surface area contributed by atoms with Crippen LogP contribution in [0.1, 0.15) is 67.7 Å². The van der Waals surface area contributed by atoms with E-state index in [2.05, 4.69) is 54.6 Å². The molecular formula is C20H36O2Si. The van der Waals surface area contributed by atoms with Crippen molar-refractivity contribution < 1.29 is 9.22 Å². The summed E-state index contributed by atoms with van der Waals surface area (Å²) in [7, 11) is -1.79. The van der Waals surface area contributed by atoms with Crippen LogP contribution in [0.25, 0.3) is 0 Å². The Morgan fingerprint density at radius 2 is 1.91 bits per heavy atom. The first kappa shape index (κ1) is 20.4. The van der Waals surface area contributed by atoms with Gasteiger partial charge in [-0.25, -0.2) is 0 Å². The predicted octanol–water partition coefficient (Wildman–Crippen LogP) is 6.05. The molecule has 0 saturated heterocycles. The Hall–Kier alpha value is -0.673. The van der Waals surface area contributed by atoms with Gasteiger partial charge in [-0.3, -0.25) is 4.79 Å². The molecular weight excluding hydrogens is 300 g/mol. The molecule has 0 heterocycles. The van der Waals surface area contributed by atoms with Crippen LogP contribution in [-0.4, -0.2) is 20.2 Å². The molecule has 0 fully saturated rings. The first-order valence-electron chi connectivity index (χ1n) is 8.92. The van der Waals surface area contributed by atoms with Crippen molar-refractivity contribution in [1.29, 1.82) is 0 Å². The fourth-order valence-corrected chi connectivity index (χ4v) is 4.39. The number of hydrogen-bond acceptors (Lipinski definition) is 2. The highest BCUT2D eigenvalue weighted by molar-refractivity contribution is 6.74. The molecule has 0 aliphatic heterocycles. The predicted molar refractivity (Wildman–Crippen MR) is 102 cm³/mol. The van der Waals surface area contributed by atoms with Gasteiger partial charge in [-0.15, -0.1) is 0 Å². The van der Waals surface area contributed by atoms with Gasteiger partial charge in [-0.2, -0.15) is 0 Å². The second-order valence-corrected chi connectivity index (χ2v) is 13.8. The highest BCUT2D eigenvalue weighted by atomic mass is 28.4. The van der Waals surface area contributed by atoms with Crippen LogP contribution in [0.2, 0.25) is 18.1 Å². The van der Waals surface area contributed by atoms with Gasteiger partial charge in [0, 0.05) is 11.8 Å². The summed E-state index contributed by atoms with van der Waals surface area (Å²) in [6.45, 7) is 20.2. The van der Waals surface area contributed by atoms with E-state index < -0.39 is 8.32 Å². The van der Waals surface area contributed by atoms with Crippen LogP contribution in [0, 0.1) is 5.41 Å². The topological polar surface area (TPSA) is 26.3 Å². The lowest BCUT2D eigenvalue weighted by Crippen LogP contribution is -2.46. The van der Waals surface area contributed by atoms with Gasteiger partial charge >= 0.3 is 0 Å². The molecule has 23 heavy (non-hydrogen) atoms. The summed E-state index contributed by atoms with van der Waals surface area (Å²) in [6, 6.07) is 0. The van der Waals surface area contributed by atoms with Gasteiger partial charge in [0.25, 0.3) is 0 Å². The third-order valence-electron chi connectivity index (χ3n) is 5.63. The quantitative estimate of drug-likeness (QED) is 0.436. The summed E-state index contributed by atoms with van der Waals surface area (Å²) in [6.07, 6.45) is 6.53. The molecule has 1 unspecified atom stereocenters. The van der Waals surface area contributed by atoms with E-state index >= 15 is 0 Å². The SMILES string of the molecule is CCCC(=O)/C=C/C1=C(C)CC(O[Si](C)(C)C(C)(C)C)C1(C)C. The minimum Gasteiger partial charge on any atom is -0.413 e. The first-order valence-corrected chi connectivity index (χ1v) is 11.8. The maximum atomic E-state index is 11.8. The van der Waals surface area contributed by atoms with Gasteiger partial charge < -0.3 is 4.43 Å². The summed E-state index contributed by atoms with van der Waals surface area (Å²) in [5, 5.41) is 0.215. The Labute approximate surface area is 144 Å². The summed E-state index contributed by atoms with van der Waals surface area (Å²) < 4.78 is 6.71. The average Bonchev–Trinajstić information content (AvgIpc) is 2.56. The first-order chi connectivity index (χ1) is 10.3. The van der Waals surface area contributed by atoms with Crippen molar-refractivity contribution in [2.75, 3.05) is 0 Å². The van der Waals surface area contributed by atoms with Gasteiger partial charge in [0.1, 0.15) is 0 Å². The van der Waals surface area contributed by atoms with Crippen molar-refractivity contribution in [3.63, 3.8) is 0 Å². The monoisotopic (exact) mass is 336 g/mol. The number of hydrogen-bond donors (Lipinski definition) is 0. The van der Waals surface area contributed by atoms with E-state index in [4.69, 9.17) is 4.43 Å². The van der Waals surface area contributed by atoms with E-state index in [-0.39, 0.29) is 22.3 Å². The van der Waals surface area contributed by atoms with Crippen LogP contribution in [0.4, 0.5) is 0 Å². The molecule has 3 heteroatoms.